The molecular weight excluding hydrogens is 485 g/mol. The first-order valence-electron chi connectivity index (χ1n) is 12.8. The van der Waals surface area contributed by atoms with Crippen LogP contribution in [0.2, 0.25) is 0 Å². The Bertz CT molecular complexity index is 1300. The maximum absolute atomic E-state index is 14.4. The maximum atomic E-state index is 14.4. The summed E-state index contributed by atoms with van der Waals surface area (Å²) in [5.74, 6) is 0.0290. The topological polar surface area (TPSA) is 100 Å². The molecular formula is C29H32FN5O3. The number of aromatic nitrogens is 2. The number of carbonyl (C=O) groups is 1. The number of benzene rings is 2. The second-order valence-electron chi connectivity index (χ2n) is 9.47. The van der Waals surface area contributed by atoms with Crippen LogP contribution >= 0.6 is 0 Å². The van der Waals surface area contributed by atoms with E-state index in [1.54, 1.807) is 50.4 Å². The Hall–Kier alpha value is -3.87. The largest absolute Gasteiger partial charge is 0.490 e. The lowest BCUT2D eigenvalue weighted by molar-refractivity contribution is -0.118. The van der Waals surface area contributed by atoms with E-state index in [0.29, 0.717) is 35.8 Å². The van der Waals surface area contributed by atoms with Gasteiger partial charge in [-0.25, -0.2) is 14.4 Å². The highest BCUT2D eigenvalue weighted by atomic mass is 19.1. The minimum atomic E-state index is -0.400. The quantitative estimate of drug-likeness (QED) is 0.397. The molecule has 1 N–H and O–H groups in total. The standard InChI is InChI=1S/C29H32FN5O3/c1-20(2)29(36)34-25-7-5-22(18-23(25)19-31)26-8-9-32-28(33-26)17-21-4-6-24(30)27(16-21)38-13-3-10-35-11-14-37-15-12-35/h4-9,16,18,20H,3,10-15,17H2,1-2H3,(H,34,36). The van der Waals surface area contributed by atoms with E-state index in [-0.39, 0.29) is 17.6 Å². The summed E-state index contributed by atoms with van der Waals surface area (Å²) in [5, 5.41) is 12.4. The van der Waals surface area contributed by atoms with E-state index in [1.165, 1.54) is 6.07 Å². The zero-order valence-corrected chi connectivity index (χ0v) is 21.7. The first-order chi connectivity index (χ1) is 18.4. The smallest absolute Gasteiger partial charge is 0.226 e. The fourth-order valence-electron chi connectivity index (χ4n) is 4.07. The molecule has 8 nitrogen and oxygen atoms in total. The van der Waals surface area contributed by atoms with Gasteiger partial charge in [0.2, 0.25) is 5.91 Å². The first-order valence-corrected chi connectivity index (χ1v) is 12.8. The molecule has 0 bridgehead atoms. The molecule has 38 heavy (non-hydrogen) atoms. The van der Waals surface area contributed by atoms with E-state index < -0.39 is 5.82 Å². The predicted octanol–water partition coefficient (Wildman–Crippen LogP) is 4.44. The Labute approximate surface area is 222 Å². The molecule has 3 aromatic rings. The third-order valence-corrected chi connectivity index (χ3v) is 6.26. The molecule has 1 amide bonds. The molecule has 1 saturated heterocycles. The Morgan fingerprint density at radius 1 is 1.21 bits per heavy atom. The Kier molecular flexibility index (Phi) is 9.35. The van der Waals surface area contributed by atoms with Crippen molar-refractivity contribution < 1.29 is 18.7 Å². The number of nitriles is 1. The SMILES string of the molecule is CC(C)C(=O)Nc1ccc(-c2ccnc(Cc3ccc(F)c(OCCCN4CCOCC4)c3)n2)cc1C#N. The van der Waals surface area contributed by atoms with Gasteiger partial charge in [0.05, 0.1) is 36.8 Å². The van der Waals surface area contributed by atoms with Crippen molar-refractivity contribution >= 4 is 11.6 Å². The number of amides is 1. The van der Waals surface area contributed by atoms with Crippen molar-refractivity contribution in [2.45, 2.75) is 26.7 Å². The van der Waals surface area contributed by atoms with Crippen LogP contribution in [-0.4, -0.2) is 60.2 Å². The lowest BCUT2D eigenvalue weighted by Gasteiger charge is -2.26. The van der Waals surface area contributed by atoms with Crippen molar-refractivity contribution in [1.82, 2.24) is 14.9 Å². The van der Waals surface area contributed by atoms with Crippen molar-refractivity contribution in [2.24, 2.45) is 5.92 Å². The molecule has 0 unspecified atom stereocenters. The normalized spacial score (nSPS) is 13.8. The number of anilines is 1. The lowest BCUT2D eigenvalue weighted by atomic mass is 10.1. The molecule has 0 aliphatic carbocycles. The highest BCUT2D eigenvalue weighted by Crippen LogP contribution is 2.25. The molecule has 0 saturated carbocycles. The molecule has 0 spiro atoms. The molecule has 1 aliphatic rings. The van der Waals surface area contributed by atoms with Crippen LogP contribution in [0.5, 0.6) is 5.75 Å². The highest BCUT2D eigenvalue weighted by Gasteiger charge is 2.14. The fraction of sp³-hybridized carbons (Fsp3) is 0.379. The van der Waals surface area contributed by atoms with Crippen LogP contribution in [0.4, 0.5) is 10.1 Å². The molecule has 2 aromatic carbocycles. The maximum Gasteiger partial charge on any atom is 0.226 e. The van der Waals surface area contributed by atoms with Crippen molar-refractivity contribution in [3.05, 3.63) is 71.4 Å². The van der Waals surface area contributed by atoms with Crippen LogP contribution in [0.25, 0.3) is 11.3 Å². The summed E-state index contributed by atoms with van der Waals surface area (Å²) in [6.07, 6.45) is 2.86. The van der Waals surface area contributed by atoms with Crippen molar-refractivity contribution in [3.63, 3.8) is 0 Å². The average Bonchev–Trinajstić information content (AvgIpc) is 2.93. The summed E-state index contributed by atoms with van der Waals surface area (Å²) in [6, 6.07) is 13.9. The van der Waals surface area contributed by atoms with Crippen LogP contribution < -0.4 is 10.1 Å². The van der Waals surface area contributed by atoms with Crippen LogP contribution in [-0.2, 0) is 16.0 Å². The van der Waals surface area contributed by atoms with Crippen LogP contribution in [0.15, 0.2) is 48.7 Å². The van der Waals surface area contributed by atoms with E-state index >= 15 is 0 Å². The van der Waals surface area contributed by atoms with Gasteiger partial charge in [0.15, 0.2) is 11.6 Å². The molecule has 1 aromatic heterocycles. The summed E-state index contributed by atoms with van der Waals surface area (Å²) in [4.78, 5) is 23.4. The summed E-state index contributed by atoms with van der Waals surface area (Å²) in [6.45, 7) is 8.24. The number of nitrogens with zero attached hydrogens (tertiary/aromatic N) is 4. The van der Waals surface area contributed by atoms with E-state index in [9.17, 15) is 14.4 Å². The number of ether oxygens (including phenoxy) is 2. The highest BCUT2D eigenvalue weighted by molar-refractivity contribution is 5.93. The molecule has 9 heteroatoms. The summed E-state index contributed by atoms with van der Waals surface area (Å²) >= 11 is 0. The van der Waals surface area contributed by atoms with Crippen LogP contribution in [0, 0.1) is 23.1 Å². The molecule has 0 atom stereocenters. The Balaban J connectivity index is 1.41. The van der Waals surface area contributed by atoms with Crippen LogP contribution in [0.1, 0.15) is 37.2 Å². The van der Waals surface area contributed by atoms with Gasteiger partial charge in [0, 0.05) is 43.7 Å². The summed E-state index contributed by atoms with van der Waals surface area (Å²) < 4.78 is 25.5. The molecule has 1 fully saturated rings. The van der Waals surface area contributed by atoms with E-state index in [2.05, 4.69) is 26.3 Å². The van der Waals surface area contributed by atoms with Gasteiger partial charge in [-0.15, -0.1) is 0 Å². The molecule has 4 rings (SSSR count). The number of hydrogen-bond donors (Lipinski definition) is 1. The van der Waals surface area contributed by atoms with Gasteiger partial charge in [-0.2, -0.15) is 5.26 Å². The van der Waals surface area contributed by atoms with E-state index in [1.807, 2.05) is 6.07 Å². The third kappa shape index (κ3) is 7.34. The second kappa shape index (κ2) is 13.1. The van der Waals surface area contributed by atoms with Gasteiger partial charge >= 0.3 is 0 Å². The van der Waals surface area contributed by atoms with Crippen molar-refractivity contribution in [2.75, 3.05) is 44.8 Å². The van der Waals surface area contributed by atoms with Gasteiger partial charge in [-0.3, -0.25) is 9.69 Å². The molecule has 1 aliphatic heterocycles. The number of halogens is 1. The van der Waals surface area contributed by atoms with E-state index in [0.717, 1.165) is 50.4 Å². The summed E-state index contributed by atoms with van der Waals surface area (Å²) in [5.41, 5.74) is 3.03. The van der Waals surface area contributed by atoms with Gasteiger partial charge in [-0.1, -0.05) is 26.0 Å². The van der Waals surface area contributed by atoms with E-state index in [4.69, 9.17) is 9.47 Å². The number of rotatable bonds is 10. The van der Waals surface area contributed by atoms with Crippen molar-refractivity contribution in [1.29, 1.82) is 5.26 Å². The number of morpholine rings is 1. The van der Waals surface area contributed by atoms with Gasteiger partial charge in [-0.05, 0) is 42.3 Å². The van der Waals surface area contributed by atoms with Gasteiger partial charge in [0.1, 0.15) is 11.9 Å². The Morgan fingerprint density at radius 2 is 2.03 bits per heavy atom. The lowest BCUT2D eigenvalue weighted by Crippen LogP contribution is -2.37. The van der Waals surface area contributed by atoms with Crippen LogP contribution in [0.3, 0.4) is 0 Å². The Morgan fingerprint density at radius 3 is 2.79 bits per heavy atom. The second-order valence-corrected chi connectivity index (χ2v) is 9.47. The zero-order chi connectivity index (χ0) is 26.9. The monoisotopic (exact) mass is 517 g/mol. The predicted molar refractivity (Wildman–Crippen MR) is 142 cm³/mol. The minimum Gasteiger partial charge on any atom is -0.490 e. The minimum absolute atomic E-state index is 0.154. The van der Waals surface area contributed by atoms with Crippen molar-refractivity contribution in [3.8, 4) is 23.1 Å². The van der Waals surface area contributed by atoms with Gasteiger partial charge in [0.25, 0.3) is 0 Å². The number of carbonyl (C=O) groups excluding carboxylic acids is 1. The first kappa shape index (κ1) is 27.2. The fourth-order valence-corrected chi connectivity index (χ4v) is 4.07. The van der Waals surface area contributed by atoms with Gasteiger partial charge < -0.3 is 14.8 Å². The number of nitrogens with one attached hydrogen (secondary N) is 1. The zero-order valence-electron chi connectivity index (χ0n) is 21.7. The molecule has 2 heterocycles. The molecule has 0 radical (unpaired) electrons. The number of hydrogen-bond acceptors (Lipinski definition) is 7. The molecule has 198 valence electrons. The third-order valence-electron chi connectivity index (χ3n) is 6.26. The average molecular weight is 518 g/mol. The summed E-state index contributed by atoms with van der Waals surface area (Å²) in [7, 11) is 0.